The molecule has 0 unspecified atom stereocenters. The molecule has 6 atom stereocenters. The zero-order valence-electron chi connectivity index (χ0n) is 13.4. The first kappa shape index (κ1) is 14.4. The fourth-order valence-corrected chi connectivity index (χ4v) is 4.45. The van der Waals surface area contributed by atoms with Crippen molar-refractivity contribution < 1.29 is 14.3 Å². The standard InChI is InChI=1S/C17H28O3/c1-9(2)11-7-6-10(3)8-12(11)19-16-14-13(15(18)20-16)17(14,4)5/h9-14,16H,6-8H2,1-5H3/t10-,11+,12-,13-,14+,16+/m1/s1. The van der Waals surface area contributed by atoms with Crippen molar-refractivity contribution in [3.05, 3.63) is 0 Å². The SMILES string of the molecule is CC(C)[C@@H]1CC[C@@H](C)C[C@H]1O[C@H]1OC(=O)[C@H]2[C@@H]1C2(C)C. The Bertz CT molecular complexity index is 401. The number of carbonyl (C=O) groups is 1. The van der Waals surface area contributed by atoms with Crippen LogP contribution in [0.25, 0.3) is 0 Å². The summed E-state index contributed by atoms with van der Waals surface area (Å²) < 4.78 is 11.8. The van der Waals surface area contributed by atoms with Gasteiger partial charge in [0, 0.05) is 5.92 Å². The van der Waals surface area contributed by atoms with Crippen molar-refractivity contribution in [1.82, 2.24) is 0 Å². The Morgan fingerprint density at radius 3 is 2.55 bits per heavy atom. The van der Waals surface area contributed by atoms with Crippen molar-refractivity contribution in [2.75, 3.05) is 0 Å². The molecule has 20 heavy (non-hydrogen) atoms. The van der Waals surface area contributed by atoms with Crippen LogP contribution >= 0.6 is 0 Å². The normalized spacial score (nSPS) is 46.2. The molecule has 0 aromatic rings. The lowest BCUT2D eigenvalue weighted by atomic mass is 9.75. The summed E-state index contributed by atoms with van der Waals surface area (Å²) in [6.45, 7) is 11.2. The largest absolute Gasteiger partial charge is 0.435 e. The van der Waals surface area contributed by atoms with Crippen LogP contribution in [0.1, 0.15) is 53.9 Å². The van der Waals surface area contributed by atoms with Gasteiger partial charge in [-0.3, -0.25) is 4.79 Å². The molecule has 1 heterocycles. The van der Waals surface area contributed by atoms with Crippen LogP contribution in [-0.2, 0) is 14.3 Å². The summed E-state index contributed by atoms with van der Waals surface area (Å²) >= 11 is 0. The fraction of sp³-hybridized carbons (Fsp3) is 0.941. The lowest BCUT2D eigenvalue weighted by molar-refractivity contribution is -0.201. The highest BCUT2D eigenvalue weighted by atomic mass is 16.7. The van der Waals surface area contributed by atoms with Crippen LogP contribution in [0, 0.1) is 35.0 Å². The van der Waals surface area contributed by atoms with Crippen molar-refractivity contribution in [3.8, 4) is 0 Å². The predicted octanol–water partition coefficient (Wildman–Crippen LogP) is 3.62. The first-order chi connectivity index (χ1) is 9.32. The zero-order chi connectivity index (χ0) is 14.7. The van der Waals surface area contributed by atoms with Crippen molar-refractivity contribution in [3.63, 3.8) is 0 Å². The highest BCUT2D eigenvalue weighted by Crippen LogP contribution is 2.65. The smallest absolute Gasteiger partial charge is 0.312 e. The molecule has 0 amide bonds. The summed E-state index contributed by atoms with van der Waals surface area (Å²) in [5, 5.41) is 0. The lowest BCUT2D eigenvalue weighted by Crippen LogP contribution is -2.38. The minimum Gasteiger partial charge on any atom is -0.435 e. The maximum Gasteiger partial charge on any atom is 0.312 e. The Labute approximate surface area is 122 Å². The molecule has 0 radical (unpaired) electrons. The number of ether oxygens (including phenoxy) is 2. The van der Waals surface area contributed by atoms with Crippen molar-refractivity contribution in [1.29, 1.82) is 0 Å². The highest BCUT2D eigenvalue weighted by Gasteiger charge is 2.72. The van der Waals surface area contributed by atoms with Crippen LogP contribution in [0.3, 0.4) is 0 Å². The van der Waals surface area contributed by atoms with Gasteiger partial charge in [0.05, 0.1) is 12.0 Å². The van der Waals surface area contributed by atoms with E-state index in [9.17, 15) is 4.79 Å². The lowest BCUT2D eigenvalue weighted by Gasteiger charge is -2.38. The molecule has 2 saturated carbocycles. The highest BCUT2D eigenvalue weighted by molar-refractivity contribution is 5.80. The molecule has 1 aliphatic heterocycles. The molecule has 1 saturated heterocycles. The van der Waals surface area contributed by atoms with Gasteiger partial charge in [0.15, 0.2) is 0 Å². The second-order valence-corrected chi connectivity index (χ2v) is 8.13. The maximum absolute atomic E-state index is 11.9. The zero-order valence-corrected chi connectivity index (χ0v) is 13.4. The number of cyclic esters (lactones) is 1. The van der Waals surface area contributed by atoms with E-state index < -0.39 is 0 Å². The van der Waals surface area contributed by atoms with Gasteiger partial charge in [-0.05, 0) is 36.0 Å². The minimum atomic E-state index is -0.293. The van der Waals surface area contributed by atoms with Crippen molar-refractivity contribution >= 4 is 5.97 Å². The molecular formula is C17H28O3. The predicted molar refractivity (Wildman–Crippen MR) is 76.9 cm³/mol. The Morgan fingerprint density at radius 2 is 2.00 bits per heavy atom. The van der Waals surface area contributed by atoms with E-state index in [0.717, 1.165) is 12.3 Å². The average Bonchev–Trinajstić information content (AvgIpc) is 2.72. The number of carbonyl (C=O) groups excluding carboxylic acids is 1. The molecule has 0 bridgehead atoms. The molecule has 0 N–H and O–H groups in total. The Morgan fingerprint density at radius 1 is 1.30 bits per heavy atom. The Kier molecular flexibility index (Phi) is 3.39. The third kappa shape index (κ3) is 2.18. The van der Waals surface area contributed by atoms with E-state index in [0.29, 0.717) is 11.8 Å². The van der Waals surface area contributed by atoms with E-state index in [2.05, 4.69) is 34.6 Å². The molecular weight excluding hydrogens is 252 g/mol. The molecule has 3 fully saturated rings. The van der Waals surface area contributed by atoms with Crippen LogP contribution in [0.2, 0.25) is 0 Å². The van der Waals surface area contributed by atoms with E-state index in [-0.39, 0.29) is 35.6 Å². The quantitative estimate of drug-likeness (QED) is 0.741. The molecule has 3 heteroatoms. The van der Waals surface area contributed by atoms with E-state index in [1.54, 1.807) is 0 Å². The molecule has 0 aromatic heterocycles. The van der Waals surface area contributed by atoms with Gasteiger partial charge in [-0.1, -0.05) is 41.0 Å². The van der Waals surface area contributed by atoms with E-state index in [1.165, 1.54) is 12.8 Å². The number of hydrogen-bond acceptors (Lipinski definition) is 3. The molecule has 3 rings (SSSR count). The molecule has 114 valence electrons. The number of hydrogen-bond donors (Lipinski definition) is 0. The van der Waals surface area contributed by atoms with Gasteiger partial charge in [-0.15, -0.1) is 0 Å². The van der Waals surface area contributed by atoms with Crippen LogP contribution < -0.4 is 0 Å². The van der Waals surface area contributed by atoms with Crippen LogP contribution in [0.5, 0.6) is 0 Å². The van der Waals surface area contributed by atoms with Gasteiger partial charge in [0.2, 0.25) is 6.29 Å². The summed E-state index contributed by atoms with van der Waals surface area (Å²) in [4.78, 5) is 11.9. The van der Waals surface area contributed by atoms with Gasteiger partial charge in [0.1, 0.15) is 0 Å². The van der Waals surface area contributed by atoms with Gasteiger partial charge < -0.3 is 9.47 Å². The summed E-state index contributed by atoms with van der Waals surface area (Å²) in [7, 11) is 0. The van der Waals surface area contributed by atoms with Crippen LogP contribution in [-0.4, -0.2) is 18.4 Å². The van der Waals surface area contributed by atoms with Crippen LogP contribution in [0.15, 0.2) is 0 Å². The Hall–Kier alpha value is -0.570. The number of fused-ring (bicyclic) bond motifs is 1. The average molecular weight is 280 g/mol. The second kappa shape index (κ2) is 4.72. The fourth-order valence-electron chi connectivity index (χ4n) is 4.45. The van der Waals surface area contributed by atoms with Gasteiger partial charge >= 0.3 is 5.97 Å². The van der Waals surface area contributed by atoms with Gasteiger partial charge in [-0.25, -0.2) is 0 Å². The molecule has 0 spiro atoms. The topological polar surface area (TPSA) is 35.5 Å². The summed E-state index contributed by atoms with van der Waals surface area (Å²) in [5.41, 5.74) is 0.0770. The Balaban J connectivity index is 1.68. The van der Waals surface area contributed by atoms with Gasteiger partial charge in [0.25, 0.3) is 0 Å². The first-order valence-corrected chi connectivity index (χ1v) is 8.18. The molecule has 0 aromatic carbocycles. The first-order valence-electron chi connectivity index (χ1n) is 8.18. The third-order valence-electron chi connectivity index (χ3n) is 5.96. The molecule has 2 aliphatic carbocycles. The van der Waals surface area contributed by atoms with Crippen molar-refractivity contribution in [2.45, 2.75) is 66.3 Å². The molecule has 3 aliphatic rings. The summed E-state index contributed by atoms with van der Waals surface area (Å²) in [6.07, 6.45) is 3.60. The summed E-state index contributed by atoms with van der Waals surface area (Å²) in [5.74, 6) is 2.26. The van der Waals surface area contributed by atoms with Gasteiger partial charge in [-0.2, -0.15) is 0 Å². The van der Waals surface area contributed by atoms with E-state index in [1.807, 2.05) is 0 Å². The number of rotatable bonds is 3. The minimum absolute atomic E-state index is 0.0463. The third-order valence-corrected chi connectivity index (χ3v) is 5.96. The van der Waals surface area contributed by atoms with E-state index in [4.69, 9.17) is 9.47 Å². The van der Waals surface area contributed by atoms with Crippen molar-refractivity contribution in [2.24, 2.45) is 35.0 Å². The molecule has 3 nitrogen and oxygen atoms in total. The number of esters is 1. The monoisotopic (exact) mass is 280 g/mol. The van der Waals surface area contributed by atoms with Crippen LogP contribution in [0.4, 0.5) is 0 Å². The maximum atomic E-state index is 11.9. The van der Waals surface area contributed by atoms with E-state index >= 15 is 0 Å². The summed E-state index contributed by atoms with van der Waals surface area (Å²) in [6, 6.07) is 0. The second-order valence-electron chi connectivity index (χ2n) is 8.13.